The van der Waals surface area contributed by atoms with Crippen LogP contribution in [0.25, 0.3) is 0 Å². The van der Waals surface area contributed by atoms with Crippen molar-refractivity contribution in [2.45, 2.75) is 5.37 Å². The number of amides is 1. The van der Waals surface area contributed by atoms with Gasteiger partial charge in [-0.3, -0.25) is 29.4 Å². The van der Waals surface area contributed by atoms with Gasteiger partial charge in [-0.15, -0.1) is 11.8 Å². The number of H-pyrrole nitrogens is 2. The molecular formula is C12H10N4O3S. The van der Waals surface area contributed by atoms with Crippen LogP contribution >= 0.6 is 11.8 Å². The van der Waals surface area contributed by atoms with E-state index < -0.39 is 11.2 Å². The van der Waals surface area contributed by atoms with E-state index in [4.69, 9.17) is 0 Å². The first kappa shape index (κ1) is 12.7. The fourth-order valence-corrected chi connectivity index (χ4v) is 3.21. The first-order valence-electron chi connectivity index (χ1n) is 5.82. The number of aromatic nitrogens is 3. The van der Waals surface area contributed by atoms with Gasteiger partial charge in [0.05, 0.1) is 5.75 Å². The van der Waals surface area contributed by atoms with Gasteiger partial charge < -0.3 is 0 Å². The summed E-state index contributed by atoms with van der Waals surface area (Å²) in [6.07, 6.45) is 3.27. The second-order valence-electron chi connectivity index (χ2n) is 4.18. The fourth-order valence-electron chi connectivity index (χ4n) is 2.04. The molecule has 1 saturated heterocycles. The van der Waals surface area contributed by atoms with E-state index in [9.17, 15) is 14.4 Å². The minimum Gasteiger partial charge on any atom is -0.293 e. The van der Waals surface area contributed by atoms with Crippen molar-refractivity contribution in [1.82, 2.24) is 15.0 Å². The van der Waals surface area contributed by atoms with Crippen molar-refractivity contribution in [1.29, 1.82) is 0 Å². The second kappa shape index (κ2) is 4.97. The van der Waals surface area contributed by atoms with E-state index in [-0.39, 0.29) is 17.1 Å². The Morgan fingerprint density at radius 3 is 2.65 bits per heavy atom. The average molecular weight is 290 g/mol. The molecule has 7 nitrogen and oxygen atoms in total. The van der Waals surface area contributed by atoms with Gasteiger partial charge in [0.25, 0.3) is 5.56 Å². The van der Waals surface area contributed by atoms with Crippen LogP contribution < -0.4 is 16.1 Å². The lowest BCUT2D eigenvalue weighted by Crippen LogP contribution is -2.33. The monoisotopic (exact) mass is 290 g/mol. The van der Waals surface area contributed by atoms with Crippen LogP contribution in [0.1, 0.15) is 10.9 Å². The summed E-state index contributed by atoms with van der Waals surface area (Å²) in [5.41, 5.74) is -0.287. The first-order valence-corrected chi connectivity index (χ1v) is 6.87. The van der Waals surface area contributed by atoms with Crippen molar-refractivity contribution in [3.63, 3.8) is 0 Å². The van der Waals surface area contributed by atoms with Crippen LogP contribution in [0.4, 0.5) is 5.82 Å². The quantitative estimate of drug-likeness (QED) is 0.825. The normalized spacial score (nSPS) is 18.5. The lowest BCUT2D eigenvalue weighted by Gasteiger charge is -2.23. The molecule has 3 heterocycles. The Morgan fingerprint density at radius 1 is 1.20 bits per heavy atom. The summed E-state index contributed by atoms with van der Waals surface area (Å²) in [5, 5.41) is -0.275. The highest BCUT2D eigenvalue weighted by atomic mass is 32.2. The van der Waals surface area contributed by atoms with Gasteiger partial charge in [0.15, 0.2) is 0 Å². The molecule has 1 unspecified atom stereocenters. The van der Waals surface area contributed by atoms with E-state index in [1.165, 1.54) is 22.7 Å². The Kier molecular flexibility index (Phi) is 3.15. The maximum Gasteiger partial charge on any atom is 0.327 e. The maximum atomic E-state index is 12.0. The molecule has 20 heavy (non-hydrogen) atoms. The van der Waals surface area contributed by atoms with Crippen molar-refractivity contribution >= 4 is 23.5 Å². The van der Waals surface area contributed by atoms with E-state index >= 15 is 0 Å². The predicted molar refractivity (Wildman–Crippen MR) is 74.6 cm³/mol. The third kappa shape index (κ3) is 2.25. The predicted octanol–water partition coefficient (Wildman–Crippen LogP) is 0.237. The zero-order chi connectivity index (χ0) is 14.1. The number of carbonyl (C=O) groups excluding carboxylic acids is 1. The van der Waals surface area contributed by atoms with E-state index in [1.807, 2.05) is 0 Å². The van der Waals surface area contributed by atoms with Crippen LogP contribution in [-0.2, 0) is 4.79 Å². The topological polar surface area (TPSA) is 98.9 Å². The van der Waals surface area contributed by atoms with Gasteiger partial charge in [-0.1, -0.05) is 0 Å². The average Bonchev–Trinajstić information content (AvgIpc) is 2.80. The number of anilines is 1. The van der Waals surface area contributed by atoms with E-state index in [2.05, 4.69) is 15.0 Å². The number of hydrogen-bond donors (Lipinski definition) is 2. The molecular weight excluding hydrogens is 280 g/mol. The lowest BCUT2D eigenvalue weighted by atomic mass is 10.2. The number of carbonyl (C=O) groups is 1. The number of nitrogens with one attached hydrogen (secondary N) is 2. The summed E-state index contributed by atoms with van der Waals surface area (Å²) >= 11 is 1.43. The summed E-state index contributed by atoms with van der Waals surface area (Å²) < 4.78 is 0. The van der Waals surface area contributed by atoms with E-state index in [0.29, 0.717) is 5.75 Å². The fraction of sp³-hybridized carbons (Fsp3) is 0.167. The number of rotatable bonds is 2. The molecule has 0 aromatic carbocycles. The van der Waals surface area contributed by atoms with Crippen molar-refractivity contribution in [2.24, 2.45) is 0 Å². The Labute approximate surface area is 117 Å². The molecule has 1 fully saturated rings. The van der Waals surface area contributed by atoms with Crippen LogP contribution in [-0.4, -0.2) is 26.6 Å². The molecule has 0 aliphatic carbocycles. The van der Waals surface area contributed by atoms with Crippen molar-refractivity contribution in [3.8, 4) is 0 Å². The van der Waals surface area contributed by atoms with Gasteiger partial charge in [-0.25, -0.2) is 4.79 Å². The summed E-state index contributed by atoms with van der Waals surface area (Å²) in [6, 6.07) is 4.81. The number of pyridine rings is 1. The molecule has 0 saturated carbocycles. The molecule has 2 aromatic heterocycles. The number of thioether (sulfide) groups is 1. The molecule has 2 N–H and O–H groups in total. The van der Waals surface area contributed by atoms with Crippen molar-refractivity contribution in [3.05, 3.63) is 57.0 Å². The number of nitrogens with zero attached hydrogens (tertiary/aromatic N) is 2. The minimum atomic E-state index is -0.634. The Balaban J connectivity index is 2.07. The minimum absolute atomic E-state index is 0.155. The van der Waals surface area contributed by atoms with E-state index in [0.717, 1.165) is 5.56 Å². The Hall–Kier alpha value is -2.35. The second-order valence-corrected chi connectivity index (χ2v) is 5.25. The molecule has 1 aliphatic heterocycles. The number of hydrogen-bond acceptors (Lipinski definition) is 5. The highest BCUT2D eigenvalue weighted by Crippen LogP contribution is 2.40. The summed E-state index contributed by atoms with van der Waals surface area (Å²) in [7, 11) is 0. The van der Waals surface area contributed by atoms with Crippen LogP contribution in [0.5, 0.6) is 0 Å². The van der Waals surface area contributed by atoms with Crippen LogP contribution in [0.2, 0.25) is 0 Å². The highest BCUT2D eigenvalue weighted by Gasteiger charge is 2.34. The molecule has 0 bridgehead atoms. The van der Waals surface area contributed by atoms with E-state index in [1.54, 1.807) is 24.5 Å². The van der Waals surface area contributed by atoms with Gasteiger partial charge in [0.1, 0.15) is 11.2 Å². The third-order valence-electron chi connectivity index (χ3n) is 2.86. The van der Waals surface area contributed by atoms with Crippen molar-refractivity contribution in [2.75, 3.05) is 10.7 Å². The van der Waals surface area contributed by atoms with Crippen molar-refractivity contribution < 1.29 is 4.79 Å². The first-order chi connectivity index (χ1) is 9.65. The number of aromatic amines is 2. The maximum absolute atomic E-state index is 12.0. The molecule has 8 heteroatoms. The smallest absolute Gasteiger partial charge is 0.293 e. The van der Waals surface area contributed by atoms with Gasteiger partial charge in [0, 0.05) is 18.5 Å². The molecule has 102 valence electrons. The standard InChI is InChI=1S/C12H10N4O3S/c17-9-5-8(14-12(19)15-9)16-10(18)6-20-11(16)7-1-3-13-4-2-7/h1-5,11H,6H2,(H2,14,15,17,19). The summed E-state index contributed by atoms with van der Waals surface area (Å²) in [6.45, 7) is 0. The largest absolute Gasteiger partial charge is 0.327 e. The zero-order valence-electron chi connectivity index (χ0n) is 10.2. The molecule has 2 aromatic rings. The van der Waals surface area contributed by atoms with Gasteiger partial charge in [0.2, 0.25) is 5.91 Å². The van der Waals surface area contributed by atoms with Gasteiger partial charge in [-0.2, -0.15) is 0 Å². The molecule has 1 atom stereocenters. The lowest BCUT2D eigenvalue weighted by molar-refractivity contribution is -0.115. The third-order valence-corrected chi connectivity index (χ3v) is 4.08. The molecule has 0 radical (unpaired) electrons. The molecule has 3 rings (SSSR count). The van der Waals surface area contributed by atoms with Crippen LogP contribution in [0, 0.1) is 0 Å². The molecule has 1 aliphatic rings. The summed E-state index contributed by atoms with van der Waals surface area (Å²) in [4.78, 5) is 44.7. The van der Waals surface area contributed by atoms with Crippen LogP contribution in [0.3, 0.4) is 0 Å². The molecule has 0 spiro atoms. The Morgan fingerprint density at radius 2 is 1.95 bits per heavy atom. The summed E-state index contributed by atoms with van der Waals surface area (Å²) in [5.74, 6) is 0.343. The van der Waals surface area contributed by atoms with Crippen LogP contribution in [0.15, 0.2) is 40.2 Å². The SMILES string of the molecule is O=C1CSC(c2ccncc2)N1c1cc(=O)[nH]c(=O)[nH]1. The highest BCUT2D eigenvalue weighted by molar-refractivity contribution is 8.00. The van der Waals surface area contributed by atoms with Gasteiger partial charge in [-0.05, 0) is 17.7 Å². The van der Waals surface area contributed by atoms with Gasteiger partial charge >= 0.3 is 5.69 Å². The zero-order valence-corrected chi connectivity index (χ0v) is 11.0. The molecule has 1 amide bonds. The Bertz CT molecular complexity index is 727.